The van der Waals surface area contributed by atoms with Crippen molar-refractivity contribution in [1.82, 2.24) is 14.9 Å². The van der Waals surface area contributed by atoms with Crippen LogP contribution in [0.3, 0.4) is 0 Å². The molecule has 1 atom stereocenters. The van der Waals surface area contributed by atoms with E-state index in [2.05, 4.69) is 20.8 Å². The first kappa shape index (κ1) is 9.77. The van der Waals surface area contributed by atoms with E-state index in [0.29, 0.717) is 0 Å². The molecule has 70 valence electrons. The van der Waals surface area contributed by atoms with Crippen molar-refractivity contribution in [2.45, 2.75) is 17.9 Å². The Hall–Kier alpha value is -1.32. The molecule has 1 unspecified atom stereocenters. The smallest absolute Gasteiger partial charge is 0.244 e. The monoisotopic (exact) mass is 199 g/mol. The van der Waals surface area contributed by atoms with Crippen LogP contribution in [-0.2, 0) is 10.0 Å². The van der Waals surface area contributed by atoms with Gasteiger partial charge in [-0.2, -0.15) is 9.82 Å². The van der Waals surface area contributed by atoms with Gasteiger partial charge < -0.3 is 0 Å². The van der Waals surface area contributed by atoms with Gasteiger partial charge in [0.15, 0.2) is 0 Å². The second-order valence-electron chi connectivity index (χ2n) is 2.44. The standard InChI is InChI=1S/C7H9N3O2S/c1-3-6(2)10-13(11,12)7-4-8-9-5-7/h1,4-6,10H,2H3,(H,8,9). The zero-order valence-electron chi connectivity index (χ0n) is 6.98. The van der Waals surface area contributed by atoms with Gasteiger partial charge in [0.25, 0.3) is 0 Å². The molecule has 1 rings (SSSR count). The van der Waals surface area contributed by atoms with E-state index in [9.17, 15) is 8.42 Å². The molecule has 0 aliphatic rings. The van der Waals surface area contributed by atoms with Crippen LogP contribution in [0.15, 0.2) is 17.3 Å². The number of nitrogens with one attached hydrogen (secondary N) is 2. The number of aromatic amines is 1. The lowest BCUT2D eigenvalue weighted by Gasteiger charge is -2.05. The van der Waals surface area contributed by atoms with Crippen molar-refractivity contribution in [3.8, 4) is 12.3 Å². The van der Waals surface area contributed by atoms with Crippen molar-refractivity contribution in [2.24, 2.45) is 0 Å². The fourth-order valence-electron chi connectivity index (χ4n) is 0.721. The van der Waals surface area contributed by atoms with Crippen LogP contribution in [0.25, 0.3) is 0 Å². The molecule has 0 radical (unpaired) electrons. The number of hydrogen-bond donors (Lipinski definition) is 2. The van der Waals surface area contributed by atoms with E-state index in [1.165, 1.54) is 12.4 Å². The number of hydrogen-bond acceptors (Lipinski definition) is 3. The van der Waals surface area contributed by atoms with E-state index < -0.39 is 16.1 Å². The quantitative estimate of drug-likeness (QED) is 0.657. The Morgan fingerprint density at radius 1 is 1.77 bits per heavy atom. The zero-order chi connectivity index (χ0) is 9.90. The highest BCUT2D eigenvalue weighted by Gasteiger charge is 2.16. The van der Waals surface area contributed by atoms with Gasteiger partial charge in [-0.15, -0.1) is 6.42 Å². The Labute approximate surface area is 76.6 Å². The summed E-state index contributed by atoms with van der Waals surface area (Å²) < 4.78 is 25.1. The lowest BCUT2D eigenvalue weighted by atomic mass is 10.4. The van der Waals surface area contributed by atoms with Crippen molar-refractivity contribution < 1.29 is 8.42 Å². The first-order valence-corrected chi connectivity index (χ1v) is 5.02. The van der Waals surface area contributed by atoms with E-state index in [0.717, 1.165) is 0 Å². The van der Waals surface area contributed by atoms with Gasteiger partial charge in [-0.3, -0.25) is 5.10 Å². The van der Waals surface area contributed by atoms with Crippen molar-refractivity contribution in [3.05, 3.63) is 12.4 Å². The number of terminal acetylenes is 1. The maximum absolute atomic E-state index is 11.4. The minimum absolute atomic E-state index is 0.0783. The van der Waals surface area contributed by atoms with Crippen LogP contribution in [0.1, 0.15) is 6.92 Å². The van der Waals surface area contributed by atoms with Crippen LogP contribution >= 0.6 is 0 Å². The molecule has 0 bridgehead atoms. The summed E-state index contributed by atoms with van der Waals surface area (Å²) >= 11 is 0. The molecule has 5 nitrogen and oxygen atoms in total. The van der Waals surface area contributed by atoms with Gasteiger partial charge in [0.2, 0.25) is 10.0 Å². The van der Waals surface area contributed by atoms with E-state index in [1.54, 1.807) is 6.92 Å². The molecule has 2 N–H and O–H groups in total. The zero-order valence-corrected chi connectivity index (χ0v) is 7.80. The van der Waals surface area contributed by atoms with Crippen LogP contribution in [0, 0.1) is 12.3 Å². The third-order valence-electron chi connectivity index (χ3n) is 1.37. The van der Waals surface area contributed by atoms with Gasteiger partial charge >= 0.3 is 0 Å². The van der Waals surface area contributed by atoms with E-state index in [4.69, 9.17) is 6.42 Å². The fraction of sp³-hybridized carbons (Fsp3) is 0.286. The van der Waals surface area contributed by atoms with Gasteiger partial charge in [-0.1, -0.05) is 5.92 Å². The van der Waals surface area contributed by atoms with E-state index >= 15 is 0 Å². The average molecular weight is 199 g/mol. The number of rotatable bonds is 3. The van der Waals surface area contributed by atoms with E-state index in [1.807, 2.05) is 0 Å². The lowest BCUT2D eigenvalue weighted by molar-refractivity contribution is 0.578. The summed E-state index contributed by atoms with van der Waals surface area (Å²) in [6, 6.07) is -0.528. The molecule has 1 aromatic rings. The van der Waals surface area contributed by atoms with Crippen LogP contribution in [0.4, 0.5) is 0 Å². The second kappa shape index (κ2) is 3.60. The van der Waals surface area contributed by atoms with Gasteiger partial charge in [0, 0.05) is 6.20 Å². The van der Waals surface area contributed by atoms with Gasteiger partial charge in [-0.05, 0) is 6.92 Å². The Morgan fingerprint density at radius 3 is 2.92 bits per heavy atom. The lowest BCUT2D eigenvalue weighted by Crippen LogP contribution is -2.31. The molecule has 0 spiro atoms. The highest BCUT2D eigenvalue weighted by atomic mass is 32.2. The van der Waals surface area contributed by atoms with Crippen LogP contribution in [-0.4, -0.2) is 24.7 Å². The largest absolute Gasteiger partial charge is 0.284 e. The van der Waals surface area contributed by atoms with Crippen LogP contribution in [0.2, 0.25) is 0 Å². The summed E-state index contributed by atoms with van der Waals surface area (Å²) in [4.78, 5) is 0.0783. The van der Waals surface area contributed by atoms with Gasteiger partial charge in [-0.25, -0.2) is 8.42 Å². The molecule has 0 saturated carbocycles. The molecule has 0 aromatic carbocycles. The molecular weight excluding hydrogens is 190 g/mol. The molecule has 6 heteroatoms. The Morgan fingerprint density at radius 2 is 2.46 bits per heavy atom. The highest BCUT2D eigenvalue weighted by molar-refractivity contribution is 7.89. The van der Waals surface area contributed by atoms with Crippen molar-refractivity contribution in [3.63, 3.8) is 0 Å². The van der Waals surface area contributed by atoms with Gasteiger partial charge in [0.05, 0.1) is 12.2 Å². The van der Waals surface area contributed by atoms with Crippen LogP contribution < -0.4 is 4.72 Å². The number of H-pyrrole nitrogens is 1. The van der Waals surface area contributed by atoms with Crippen molar-refractivity contribution in [2.75, 3.05) is 0 Å². The molecule has 0 aliphatic carbocycles. The van der Waals surface area contributed by atoms with Crippen LogP contribution in [0.5, 0.6) is 0 Å². The third kappa shape index (κ3) is 2.31. The summed E-state index contributed by atoms with van der Waals surface area (Å²) in [6.45, 7) is 1.58. The molecule has 0 aliphatic heterocycles. The van der Waals surface area contributed by atoms with Crippen molar-refractivity contribution in [1.29, 1.82) is 0 Å². The number of nitrogens with zero attached hydrogens (tertiary/aromatic N) is 1. The molecule has 0 amide bonds. The minimum Gasteiger partial charge on any atom is -0.284 e. The first-order chi connectivity index (χ1) is 6.06. The number of sulfonamides is 1. The molecule has 1 heterocycles. The Bertz CT molecular complexity index is 401. The maximum Gasteiger partial charge on any atom is 0.244 e. The summed E-state index contributed by atoms with van der Waals surface area (Å²) in [5.74, 6) is 2.26. The Balaban J connectivity index is 2.87. The topological polar surface area (TPSA) is 74.8 Å². The highest BCUT2D eigenvalue weighted by Crippen LogP contribution is 2.04. The molecule has 1 aromatic heterocycles. The molecule has 0 fully saturated rings. The summed E-state index contributed by atoms with van der Waals surface area (Å²) in [7, 11) is -3.51. The summed E-state index contributed by atoms with van der Waals surface area (Å²) in [6.07, 6.45) is 7.53. The summed E-state index contributed by atoms with van der Waals surface area (Å²) in [5.41, 5.74) is 0. The third-order valence-corrected chi connectivity index (χ3v) is 2.87. The second-order valence-corrected chi connectivity index (χ2v) is 4.16. The SMILES string of the molecule is C#CC(C)NS(=O)(=O)c1cn[nH]c1. The molecule has 0 saturated heterocycles. The summed E-state index contributed by atoms with van der Waals surface area (Å²) in [5, 5.41) is 5.93. The fourth-order valence-corrected chi connectivity index (χ4v) is 1.79. The number of aromatic nitrogens is 2. The first-order valence-electron chi connectivity index (χ1n) is 3.53. The maximum atomic E-state index is 11.4. The molecule has 13 heavy (non-hydrogen) atoms. The minimum atomic E-state index is -3.51. The average Bonchev–Trinajstić information content (AvgIpc) is 2.55. The Kier molecular flexibility index (Phi) is 2.70. The normalized spacial score (nSPS) is 13.5. The predicted molar refractivity (Wildman–Crippen MR) is 47.2 cm³/mol. The van der Waals surface area contributed by atoms with E-state index in [-0.39, 0.29) is 4.90 Å². The molecular formula is C7H9N3O2S. The van der Waals surface area contributed by atoms with Gasteiger partial charge in [0.1, 0.15) is 4.90 Å². The van der Waals surface area contributed by atoms with Crippen molar-refractivity contribution >= 4 is 10.0 Å². The predicted octanol–water partition coefficient (Wildman–Crippen LogP) is -0.290.